The van der Waals surface area contributed by atoms with Crippen LogP contribution in [0.1, 0.15) is 42.8 Å². The van der Waals surface area contributed by atoms with Crippen molar-refractivity contribution in [3.63, 3.8) is 0 Å². The van der Waals surface area contributed by atoms with Crippen molar-refractivity contribution < 1.29 is 4.79 Å². The maximum absolute atomic E-state index is 11.7. The summed E-state index contributed by atoms with van der Waals surface area (Å²) in [6.45, 7) is 4.17. The van der Waals surface area contributed by atoms with Crippen LogP contribution < -0.4 is 11.1 Å². The predicted octanol–water partition coefficient (Wildman–Crippen LogP) is 2.64. The first kappa shape index (κ1) is 12.0. The molecule has 1 aromatic rings. The quantitative estimate of drug-likeness (QED) is 0.811. The zero-order valence-corrected chi connectivity index (χ0v) is 10.1. The minimum absolute atomic E-state index is 0.0499. The number of hydrogen-bond donors (Lipinski definition) is 2. The summed E-state index contributed by atoms with van der Waals surface area (Å²) in [4.78, 5) is 12.3. The standard InChI is InChI=1S/C11H18N2OS/c1-3-4-5-8(2)13-11(14)10-9(12)6-7-15-10/h6-8H,3-5,12H2,1-2H3,(H,13,14). The lowest BCUT2D eigenvalue weighted by Gasteiger charge is -2.12. The van der Waals surface area contributed by atoms with E-state index in [1.165, 1.54) is 11.3 Å². The number of hydrogen-bond acceptors (Lipinski definition) is 3. The molecule has 15 heavy (non-hydrogen) atoms. The van der Waals surface area contributed by atoms with Crippen LogP contribution in [0.15, 0.2) is 11.4 Å². The molecule has 0 aliphatic carbocycles. The van der Waals surface area contributed by atoms with Crippen LogP contribution in [0.25, 0.3) is 0 Å². The summed E-state index contributed by atoms with van der Waals surface area (Å²) >= 11 is 1.39. The summed E-state index contributed by atoms with van der Waals surface area (Å²) in [6.07, 6.45) is 3.32. The lowest BCUT2D eigenvalue weighted by Crippen LogP contribution is -2.32. The Bertz CT molecular complexity index is 322. The van der Waals surface area contributed by atoms with Crippen molar-refractivity contribution in [3.8, 4) is 0 Å². The molecule has 0 saturated carbocycles. The Morgan fingerprint density at radius 2 is 2.40 bits per heavy atom. The van der Waals surface area contributed by atoms with Crippen molar-refractivity contribution in [2.75, 3.05) is 5.73 Å². The number of nitrogen functional groups attached to an aromatic ring is 1. The van der Waals surface area contributed by atoms with Gasteiger partial charge in [0.15, 0.2) is 0 Å². The second-order valence-corrected chi connectivity index (χ2v) is 4.64. The molecule has 1 atom stereocenters. The number of nitrogens with two attached hydrogens (primary N) is 1. The van der Waals surface area contributed by atoms with E-state index in [1.54, 1.807) is 6.07 Å². The molecule has 0 bridgehead atoms. The Balaban J connectivity index is 2.46. The second kappa shape index (κ2) is 5.75. The molecular formula is C11H18N2OS. The average molecular weight is 226 g/mol. The van der Waals surface area contributed by atoms with Crippen LogP contribution in [0.5, 0.6) is 0 Å². The highest BCUT2D eigenvalue weighted by molar-refractivity contribution is 7.12. The van der Waals surface area contributed by atoms with Crippen LogP contribution in [-0.4, -0.2) is 11.9 Å². The molecule has 0 saturated heterocycles. The smallest absolute Gasteiger partial charge is 0.263 e. The van der Waals surface area contributed by atoms with Gasteiger partial charge in [0.2, 0.25) is 0 Å². The van der Waals surface area contributed by atoms with Crippen LogP contribution in [-0.2, 0) is 0 Å². The van der Waals surface area contributed by atoms with Gasteiger partial charge in [-0.25, -0.2) is 0 Å². The molecule has 0 aromatic carbocycles. The van der Waals surface area contributed by atoms with Crippen molar-refractivity contribution in [3.05, 3.63) is 16.3 Å². The van der Waals surface area contributed by atoms with Crippen LogP contribution in [0.4, 0.5) is 5.69 Å². The molecule has 3 N–H and O–H groups in total. The highest BCUT2D eigenvalue weighted by Gasteiger charge is 2.13. The van der Waals surface area contributed by atoms with Crippen LogP contribution >= 0.6 is 11.3 Å². The van der Waals surface area contributed by atoms with Gasteiger partial charge in [-0.05, 0) is 24.8 Å². The summed E-state index contributed by atoms with van der Waals surface area (Å²) < 4.78 is 0. The summed E-state index contributed by atoms with van der Waals surface area (Å²) in [7, 11) is 0. The number of carbonyl (C=O) groups excluding carboxylic acids is 1. The molecule has 1 amide bonds. The normalized spacial score (nSPS) is 12.4. The van der Waals surface area contributed by atoms with Gasteiger partial charge in [0.25, 0.3) is 5.91 Å². The second-order valence-electron chi connectivity index (χ2n) is 3.72. The van der Waals surface area contributed by atoms with Gasteiger partial charge >= 0.3 is 0 Å². The molecule has 0 aliphatic heterocycles. The zero-order valence-electron chi connectivity index (χ0n) is 9.25. The third kappa shape index (κ3) is 3.55. The number of anilines is 1. The highest BCUT2D eigenvalue weighted by Crippen LogP contribution is 2.18. The minimum atomic E-state index is -0.0499. The monoisotopic (exact) mass is 226 g/mol. The number of thiophene rings is 1. The van der Waals surface area contributed by atoms with Gasteiger partial charge in [-0.3, -0.25) is 4.79 Å². The van der Waals surface area contributed by atoms with E-state index in [0.29, 0.717) is 10.6 Å². The Hall–Kier alpha value is -1.03. The summed E-state index contributed by atoms with van der Waals surface area (Å²) in [5.74, 6) is -0.0499. The van der Waals surface area contributed by atoms with Crippen molar-refractivity contribution in [2.45, 2.75) is 39.2 Å². The fraction of sp³-hybridized carbons (Fsp3) is 0.545. The van der Waals surface area contributed by atoms with Crippen molar-refractivity contribution >= 4 is 22.9 Å². The third-order valence-corrected chi connectivity index (χ3v) is 3.20. The maximum Gasteiger partial charge on any atom is 0.263 e. The molecule has 84 valence electrons. The lowest BCUT2D eigenvalue weighted by molar-refractivity contribution is 0.0943. The third-order valence-electron chi connectivity index (χ3n) is 2.27. The van der Waals surface area contributed by atoms with Crippen LogP contribution in [0.3, 0.4) is 0 Å². The molecular weight excluding hydrogens is 208 g/mol. The van der Waals surface area contributed by atoms with E-state index in [2.05, 4.69) is 12.2 Å². The molecule has 0 spiro atoms. The van der Waals surface area contributed by atoms with E-state index in [9.17, 15) is 4.79 Å². The highest BCUT2D eigenvalue weighted by atomic mass is 32.1. The molecule has 0 radical (unpaired) electrons. The summed E-state index contributed by atoms with van der Waals surface area (Å²) in [5, 5.41) is 4.78. The number of rotatable bonds is 5. The Kier molecular flexibility index (Phi) is 4.62. The Morgan fingerprint density at radius 1 is 1.67 bits per heavy atom. The predicted molar refractivity (Wildman–Crippen MR) is 65.2 cm³/mol. The Labute approximate surface area is 94.7 Å². The van der Waals surface area contributed by atoms with Gasteiger partial charge in [0.05, 0.1) is 5.69 Å². The van der Waals surface area contributed by atoms with Gasteiger partial charge in [-0.1, -0.05) is 19.8 Å². The van der Waals surface area contributed by atoms with E-state index in [-0.39, 0.29) is 11.9 Å². The van der Waals surface area contributed by atoms with Crippen molar-refractivity contribution in [1.29, 1.82) is 0 Å². The first-order valence-corrected chi connectivity index (χ1v) is 6.17. The zero-order chi connectivity index (χ0) is 11.3. The summed E-state index contributed by atoms with van der Waals surface area (Å²) in [5.41, 5.74) is 6.24. The molecule has 1 aromatic heterocycles. The average Bonchev–Trinajstić information content (AvgIpc) is 2.61. The van der Waals surface area contributed by atoms with Crippen LogP contribution in [0.2, 0.25) is 0 Å². The van der Waals surface area contributed by atoms with Crippen molar-refractivity contribution in [1.82, 2.24) is 5.32 Å². The largest absolute Gasteiger partial charge is 0.397 e. The SMILES string of the molecule is CCCCC(C)NC(=O)c1sccc1N. The van der Waals surface area contributed by atoms with Crippen molar-refractivity contribution in [2.24, 2.45) is 0 Å². The van der Waals surface area contributed by atoms with E-state index in [0.717, 1.165) is 19.3 Å². The number of nitrogens with one attached hydrogen (secondary N) is 1. The molecule has 4 heteroatoms. The molecule has 0 fully saturated rings. The molecule has 1 unspecified atom stereocenters. The topological polar surface area (TPSA) is 55.1 Å². The van der Waals surface area contributed by atoms with E-state index in [1.807, 2.05) is 12.3 Å². The van der Waals surface area contributed by atoms with Crippen LogP contribution in [0, 0.1) is 0 Å². The molecule has 1 heterocycles. The van der Waals surface area contributed by atoms with E-state index in [4.69, 9.17) is 5.73 Å². The number of unbranched alkanes of at least 4 members (excludes halogenated alkanes) is 1. The first-order valence-electron chi connectivity index (χ1n) is 5.29. The fourth-order valence-electron chi connectivity index (χ4n) is 1.38. The molecule has 0 aliphatic rings. The maximum atomic E-state index is 11.7. The van der Waals surface area contributed by atoms with E-state index >= 15 is 0 Å². The molecule has 3 nitrogen and oxygen atoms in total. The van der Waals surface area contributed by atoms with Gasteiger partial charge < -0.3 is 11.1 Å². The van der Waals surface area contributed by atoms with Gasteiger partial charge in [-0.2, -0.15) is 0 Å². The number of carbonyl (C=O) groups is 1. The van der Waals surface area contributed by atoms with Gasteiger partial charge in [0, 0.05) is 6.04 Å². The fourth-order valence-corrected chi connectivity index (χ4v) is 2.10. The van der Waals surface area contributed by atoms with Gasteiger partial charge in [-0.15, -0.1) is 11.3 Å². The molecule has 1 rings (SSSR count). The Morgan fingerprint density at radius 3 is 2.93 bits per heavy atom. The lowest BCUT2D eigenvalue weighted by atomic mass is 10.1. The minimum Gasteiger partial charge on any atom is -0.397 e. The summed E-state index contributed by atoms with van der Waals surface area (Å²) in [6, 6.07) is 1.98. The first-order chi connectivity index (χ1) is 7.15. The van der Waals surface area contributed by atoms with Gasteiger partial charge in [0.1, 0.15) is 4.88 Å². The number of amides is 1. The van der Waals surface area contributed by atoms with E-state index < -0.39 is 0 Å².